The third-order valence-corrected chi connectivity index (χ3v) is 13.9. The van der Waals surface area contributed by atoms with Crippen LogP contribution >= 0.6 is 0 Å². The van der Waals surface area contributed by atoms with Crippen molar-refractivity contribution in [1.82, 2.24) is 0 Å². The molecule has 0 aromatic rings. The summed E-state index contributed by atoms with van der Waals surface area (Å²) in [6.45, 7) is 6.54. The van der Waals surface area contributed by atoms with Crippen LogP contribution in [0.2, 0.25) is 0 Å². The molecule has 6 nitrogen and oxygen atoms in total. The lowest BCUT2D eigenvalue weighted by atomic mass is 10.0. The van der Waals surface area contributed by atoms with E-state index in [0.29, 0.717) is 19.3 Å². The molecule has 0 bridgehead atoms. The molecule has 0 heterocycles. The lowest BCUT2D eigenvalue weighted by molar-refractivity contribution is -0.167. The van der Waals surface area contributed by atoms with Crippen LogP contribution in [0.3, 0.4) is 0 Å². The van der Waals surface area contributed by atoms with Crippen molar-refractivity contribution in [2.75, 3.05) is 13.2 Å². The van der Waals surface area contributed by atoms with Gasteiger partial charge in [-0.15, -0.1) is 0 Å². The van der Waals surface area contributed by atoms with Crippen LogP contribution in [0.15, 0.2) is 72.9 Å². The quantitative estimate of drug-likeness (QED) is 0.0261. The molecule has 0 fully saturated rings. The number of hydrogen-bond donors (Lipinski definition) is 0. The lowest BCUT2D eigenvalue weighted by Gasteiger charge is -2.18. The second kappa shape index (κ2) is 62.4. The van der Waals surface area contributed by atoms with Gasteiger partial charge in [0.1, 0.15) is 13.2 Å². The van der Waals surface area contributed by atoms with Crippen molar-refractivity contribution in [2.24, 2.45) is 0 Å². The first-order valence-corrected chi connectivity index (χ1v) is 31.9. The second-order valence-electron chi connectivity index (χ2n) is 21.3. The van der Waals surface area contributed by atoms with Gasteiger partial charge < -0.3 is 14.2 Å². The first-order chi connectivity index (χ1) is 36.5. The molecule has 0 N–H and O–H groups in total. The van der Waals surface area contributed by atoms with Gasteiger partial charge in [-0.05, 0) is 109 Å². The normalized spacial score (nSPS) is 12.5. The molecule has 74 heavy (non-hydrogen) atoms. The molecule has 0 amide bonds. The molecular formula is C68H120O6. The fourth-order valence-electron chi connectivity index (χ4n) is 9.07. The standard InChI is InChI=1S/C68H120O6/c1-4-7-10-13-16-19-22-25-26-27-28-29-30-31-32-33-34-35-36-37-38-39-40-41-42-44-46-49-52-55-58-61-67(70)73-64-65(63-72-66(69)60-57-54-51-48-45-24-21-18-15-12-9-6-3)74-68(71)62-59-56-53-50-47-43-23-20-17-14-11-8-5-2/h11,14,18,20-23,25,27-28,30-31,65H,4-10,12-13,15-17,19,24,26,29,32-64H2,1-3H3/b14-11-,21-18-,23-20-,25-22-,28-27-,31-30-. The van der Waals surface area contributed by atoms with Crippen LogP contribution < -0.4 is 0 Å². The highest BCUT2D eigenvalue weighted by molar-refractivity contribution is 5.71. The molecule has 1 atom stereocenters. The van der Waals surface area contributed by atoms with Gasteiger partial charge >= 0.3 is 17.9 Å². The van der Waals surface area contributed by atoms with E-state index in [1.165, 1.54) is 173 Å². The molecule has 428 valence electrons. The largest absolute Gasteiger partial charge is 0.462 e. The molecule has 0 aliphatic heterocycles. The summed E-state index contributed by atoms with van der Waals surface area (Å²) in [5.41, 5.74) is 0. The Labute approximate surface area is 459 Å². The van der Waals surface area contributed by atoms with E-state index in [9.17, 15) is 14.4 Å². The van der Waals surface area contributed by atoms with E-state index in [4.69, 9.17) is 14.2 Å². The Hall–Kier alpha value is -3.15. The Balaban J connectivity index is 4.13. The van der Waals surface area contributed by atoms with Gasteiger partial charge in [-0.25, -0.2) is 0 Å². The van der Waals surface area contributed by atoms with Crippen molar-refractivity contribution in [3.63, 3.8) is 0 Å². The van der Waals surface area contributed by atoms with E-state index >= 15 is 0 Å². The number of carbonyl (C=O) groups excluding carboxylic acids is 3. The summed E-state index contributed by atoms with van der Waals surface area (Å²) in [5.74, 6) is -0.895. The fourth-order valence-corrected chi connectivity index (χ4v) is 9.07. The minimum atomic E-state index is -0.785. The minimum absolute atomic E-state index is 0.0817. The molecule has 0 aliphatic carbocycles. The summed E-state index contributed by atoms with van der Waals surface area (Å²) in [7, 11) is 0. The summed E-state index contributed by atoms with van der Waals surface area (Å²) in [6.07, 6.45) is 80.7. The Morgan fingerprint density at radius 3 is 0.851 bits per heavy atom. The molecule has 1 unspecified atom stereocenters. The zero-order valence-electron chi connectivity index (χ0n) is 49.1. The van der Waals surface area contributed by atoms with E-state index in [1.54, 1.807) is 0 Å². The summed E-state index contributed by atoms with van der Waals surface area (Å²) >= 11 is 0. The van der Waals surface area contributed by atoms with Crippen LogP contribution in [0.25, 0.3) is 0 Å². The summed E-state index contributed by atoms with van der Waals surface area (Å²) < 4.78 is 16.9. The predicted molar refractivity (Wildman–Crippen MR) is 321 cm³/mol. The first kappa shape index (κ1) is 70.8. The maximum atomic E-state index is 12.8. The number of rotatable bonds is 58. The van der Waals surface area contributed by atoms with Crippen LogP contribution in [-0.4, -0.2) is 37.2 Å². The van der Waals surface area contributed by atoms with Gasteiger partial charge in [0.05, 0.1) is 0 Å². The van der Waals surface area contributed by atoms with Gasteiger partial charge in [0.25, 0.3) is 0 Å². The number of esters is 3. The molecular weight excluding hydrogens is 913 g/mol. The molecule has 0 saturated heterocycles. The predicted octanol–water partition coefficient (Wildman–Crippen LogP) is 21.7. The average Bonchev–Trinajstić information content (AvgIpc) is 3.40. The van der Waals surface area contributed by atoms with Crippen molar-refractivity contribution >= 4 is 17.9 Å². The molecule has 0 aromatic heterocycles. The Morgan fingerprint density at radius 1 is 0.270 bits per heavy atom. The third kappa shape index (κ3) is 59.7. The number of allylic oxidation sites excluding steroid dienone is 12. The van der Waals surface area contributed by atoms with Crippen LogP contribution in [-0.2, 0) is 28.6 Å². The monoisotopic (exact) mass is 1030 g/mol. The van der Waals surface area contributed by atoms with E-state index in [2.05, 4.69) is 93.7 Å². The smallest absolute Gasteiger partial charge is 0.306 e. The number of ether oxygens (including phenoxy) is 3. The molecule has 0 radical (unpaired) electrons. The topological polar surface area (TPSA) is 78.9 Å². The van der Waals surface area contributed by atoms with E-state index in [-0.39, 0.29) is 31.1 Å². The maximum absolute atomic E-state index is 12.8. The van der Waals surface area contributed by atoms with E-state index in [1.807, 2.05) is 0 Å². The van der Waals surface area contributed by atoms with Gasteiger partial charge in [0.15, 0.2) is 6.10 Å². The van der Waals surface area contributed by atoms with Crippen LogP contribution in [0.5, 0.6) is 0 Å². The summed E-state index contributed by atoms with van der Waals surface area (Å²) in [6, 6.07) is 0. The average molecular weight is 1030 g/mol. The second-order valence-corrected chi connectivity index (χ2v) is 21.3. The Bertz CT molecular complexity index is 1370. The van der Waals surface area contributed by atoms with Crippen molar-refractivity contribution in [2.45, 2.75) is 329 Å². The maximum Gasteiger partial charge on any atom is 0.306 e. The van der Waals surface area contributed by atoms with E-state index in [0.717, 1.165) is 109 Å². The zero-order valence-corrected chi connectivity index (χ0v) is 49.1. The minimum Gasteiger partial charge on any atom is -0.462 e. The highest BCUT2D eigenvalue weighted by atomic mass is 16.6. The Morgan fingerprint density at radius 2 is 0.514 bits per heavy atom. The van der Waals surface area contributed by atoms with Gasteiger partial charge in [0.2, 0.25) is 0 Å². The van der Waals surface area contributed by atoms with Gasteiger partial charge in [0, 0.05) is 19.3 Å². The van der Waals surface area contributed by atoms with Crippen LogP contribution in [0.1, 0.15) is 323 Å². The number of carbonyl (C=O) groups is 3. The van der Waals surface area contributed by atoms with Crippen LogP contribution in [0.4, 0.5) is 0 Å². The molecule has 0 spiro atoms. The molecule has 0 aliphatic rings. The lowest BCUT2D eigenvalue weighted by Crippen LogP contribution is -2.30. The first-order valence-electron chi connectivity index (χ1n) is 31.9. The Kier molecular flexibility index (Phi) is 59.7. The van der Waals surface area contributed by atoms with Gasteiger partial charge in [-0.1, -0.05) is 267 Å². The SMILES string of the molecule is CCC/C=C\C/C=C\CCCCCCCC(=O)OC(COC(=O)CCCCCCC/C=C\CCCCC)COC(=O)CCCCCCCCCCCCCCCCCC/C=C\C/C=C\C/C=C\CCCCCCC. The highest BCUT2D eigenvalue weighted by Crippen LogP contribution is 2.16. The van der Waals surface area contributed by atoms with Crippen molar-refractivity contribution in [1.29, 1.82) is 0 Å². The third-order valence-electron chi connectivity index (χ3n) is 13.9. The highest BCUT2D eigenvalue weighted by Gasteiger charge is 2.19. The molecule has 0 rings (SSSR count). The van der Waals surface area contributed by atoms with Gasteiger partial charge in [-0.3, -0.25) is 14.4 Å². The summed E-state index contributed by atoms with van der Waals surface area (Å²) in [5, 5.41) is 0. The fraction of sp³-hybridized carbons (Fsp3) is 0.779. The van der Waals surface area contributed by atoms with Crippen LogP contribution in [0, 0.1) is 0 Å². The van der Waals surface area contributed by atoms with E-state index < -0.39 is 6.10 Å². The number of unbranched alkanes of at least 4 members (excludes halogenated alkanes) is 35. The van der Waals surface area contributed by atoms with Crippen molar-refractivity contribution < 1.29 is 28.6 Å². The van der Waals surface area contributed by atoms with Gasteiger partial charge in [-0.2, -0.15) is 0 Å². The summed E-state index contributed by atoms with van der Waals surface area (Å²) in [4.78, 5) is 38.2. The number of hydrogen-bond acceptors (Lipinski definition) is 6. The molecule has 0 saturated carbocycles. The molecule has 6 heteroatoms. The zero-order chi connectivity index (χ0) is 53.6. The van der Waals surface area contributed by atoms with Crippen molar-refractivity contribution in [3.8, 4) is 0 Å². The molecule has 0 aromatic carbocycles. The van der Waals surface area contributed by atoms with Crippen molar-refractivity contribution in [3.05, 3.63) is 72.9 Å².